The molecule has 3 aliphatic rings. The van der Waals surface area contributed by atoms with Gasteiger partial charge in [0, 0.05) is 16.1 Å². The summed E-state index contributed by atoms with van der Waals surface area (Å²) in [6.07, 6.45) is 19.1. The molecule has 0 spiro atoms. The maximum absolute atomic E-state index is 2.66. The lowest BCUT2D eigenvalue weighted by molar-refractivity contribution is 0.580. The lowest BCUT2D eigenvalue weighted by atomic mass is 10.1. The topological polar surface area (TPSA) is 0 Å². The van der Waals surface area contributed by atoms with Crippen LogP contribution in [0.1, 0.15) is 64.2 Å². The molecule has 3 saturated carbocycles. The standard InChI is InChI=1S/C23H47PSi2/c1-25(2,3)22-15-9-11-19(22)17-24(21-13-7-8-14-21)18-20-12-10-16-23(20)26(4,5)6/h19-23H,7-18H2,1-6H3/t19?,20?,22-,23-,24?/m0/s1. The van der Waals surface area contributed by atoms with E-state index in [0.29, 0.717) is 7.92 Å². The molecule has 3 aliphatic carbocycles. The Balaban J connectivity index is 1.69. The Hall–Kier alpha value is 0.864. The van der Waals surface area contributed by atoms with E-state index in [9.17, 15) is 0 Å². The summed E-state index contributed by atoms with van der Waals surface area (Å²) in [5, 5.41) is 0. The molecule has 0 amide bonds. The van der Waals surface area contributed by atoms with E-state index in [0.717, 1.165) is 28.6 Å². The van der Waals surface area contributed by atoms with E-state index in [1.165, 1.54) is 0 Å². The first-order chi connectivity index (χ1) is 12.2. The lowest BCUT2D eigenvalue weighted by Crippen LogP contribution is -2.33. The van der Waals surface area contributed by atoms with Crippen LogP contribution in [0.3, 0.4) is 0 Å². The van der Waals surface area contributed by atoms with Crippen LogP contribution in [0.4, 0.5) is 0 Å². The van der Waals surface area contributed by atoms with Crippen molar-refractivity contribution in [2.24, 2.45) is 11.8 Å². The van der Waals surface area contributed by atoms with Gasteiger partial charge in [-0.25, -0.2) is 0 Å². The molecule has 0 aromatic rings. The predicted molar refractivity (Wildman–Crippen MR) is 128 cm³/mol. The van der Waals surface area contributed by atoms with E-state index in [-0.39, 0.29) is 0 Å². The molecule has 0 aromatic heterocycles. The highest BCUT2D eigenvalue weighted by Crippen LogP contribution is 2.59. The van der Waals surface area contributed by atoms with Crippen molar-refractivity contribution < 1.29 is 0 Å². The molecular weight excluding hydrogens is 363 g/mol. The molecule has 3 rings (SSSR count). The van der Waals surface area contributed by atoms with Gasteiger partial charge in [-0.05, 0) is 53.7 Å². The summed E-state index contributed by atoms with van der Waals surface area (Å²) in [4.78, 5) is 0. The first-order valence-corrected chi connectivity index (χ1v) is 20.8. The maximum Gasteiger partial charge on any atom is 0.0476 e. The molecule has 0 nitrogen and oxygen atoms in total. The van der Waals surface area contributed by atoms with Gasteiger partial charge in [0.1, 0.15) is 0 Å². The van der Waals surface area contributed by atoms with Crippen LogP contribution in [0.15, 0.2) is 0 Å². The van der Waals surface area contributed by atoms with Crippen molar-refractivity contribution >= 4 is 24.1 Å². The largest absolute Gasteiger partial charge is 0.103 e. The van der Waals surface area contributed by atoms with Crippen molar-refractivity contribution in [3.63, 3.8) is 0 Å². The van der Waals surface area contributed by atoms with Crippen LogP contribution in [0, 0.1) is 11.8 Å². The van der Waals surface area contributed by atoms with Crippen LogP contribution in [-0.4, -0.2) is 34.1 Å². The van der Waals surface area contributed by atoms with Crippen molar-refractivity contribution in [2.45, 2.75) is 120 Å². The minimum atomic E-state index is -0.964. The molecule has 26 heavy (non-hydrogen) atoms. The van der Waals surface area contributed by atoms with Gasteiger partial charge in [-0.1, -0.05) is 90.6 Å². The van der Waals surface area contributed by atoms with Crippen molar-refractivity contribution in [3.8, 4) is 0 Å². The molecule has 2 unspecified atom stereocenters. The van der Waals surface area contributed by atoms with Crippen LogP contribution >= 0.6 is 7.92 Å². The monoisotopic (exact) mass is 410 g/mol. The second-order valence-electron chi connectivity index (χ2n) is 12.2. The van der Waals surface area contributed by atoms with Crippen LogP contribution in [-0.2, 0) is 0 Å². The fraction of sp³-hybridized carbons (Fsp3) is 1.00. The second-order valence-corrected chi connectivity index (χ2v) is 25.8. The molecule has 4 atom stereocenters. The summed E-state index contributed by atoms with van der Waals surface area (Å²) >= 11 is 0. The zero-order valence-electron chi connectivity index (χ0n) is 18.8. The average Bonchev–Trinajstić information content (AvgIpc) is 3.26. The van der Waals surface area contributed by atoms with Gasteiger partial charge >= 0.3 is 0 Å². The molecule has 3 fully saturated rings. The first kappa shape index (κ1) is 21.6. The quantitative estimate of drug-likeness (QED) is 0.292. The first-order valence-electron chi connectivity index (χ1n) is 11.9. The fourth-order valence-corrected chi connectivity index (χ4v) is 16.9. The van der Waals surface area contributed by atoms with Gasteiger partial charge in [-0.3, -0.25) is 0 Å². The zero-order chi connectivity index (χ0) is 18.9. The molecular formula is C23H47PSi2. The van der Waals surface area contributed by atoms with Gasteiger partial charge in [-0.2, -0.15) is 0 Å². The predicted octanol–water partition coefficient (Wildman–Crippen LogP) is 8.43. The summed E-state index contributed by atoms with van der Waals surface area (Å²) in [7, 11) is -1.61. The SMILES string of the molecule is C[Si](C)(C)[C@H]1CCCC1CP(CC1CCC[C@@H]1[Si](C)(C)C)C1CCCC1. The Bertz CT molecular complexity index is 410. The molecule has 0 aliphatic heterocycles. The summed E-state index contributed by atoms with van der Waals surface area (Å²) in [6, 6.07) is 0. The van der Waals surface area contributed by atoms with Crippen molar-refractivity contribution in [3.05, 3.63) is 0 Å². The fourth-order valence-electron chi connectivity index (χ4n) is 7.04. The minimum Gasteiger partial charge on any atom is -0.103 e. The normalized spacial score (nSPS) is 35.3. The smallest absolute Gasteiger partial charge is 0.0476 e. The highest BCUT2D eigenvalue weighted by Gasteiger charge is 2.42. The summed E-state index contributed by atoms with van der Waals surface area (Å²) < 4.78 is 0. The van der Waals surface area contributed by atoms with Crippen LogP contribution in [0.2, 0.25) is 50.4 Å². The van der Waals surface area contributed by atoms with Gasteiger partial charge in [0.15, 0.2) is 0 Å². The highest BCUT2D eigenvalue weighted by atomic mass is 31.1. The third-order valence-corrected chi connectivity index (χ3v) is 17.7. The molecule has 0 bridgehead atoms. The Morgan fingerprint density at radius 3 is 1.38 bits per heavy atom. The minimum absolute atomic E-state index is 0.313. The van der Waals surface area contributed by atoms with Crippen molar-refractivity contribution in [1.29, 1.82) is 0 Å². The summed E-state index contributed by atoms with van der Waals surface area (Å²) in [6.45, 7) is 16.0. The third-order valence-electron chi connectivity index (χ3n) is 8.32. The van der Waals surface area contributed by atoms with E-state index in [4.69, 9.17) is 0 Å². The number of rotatable bonds is 7. The van der Waals surface area contributed by atoms with Crippen molar-refractivity contribution in [2.75, 3.05) is 12.3 Å². The van der Waals surface area contributed by atoms with E-state index in [2.05, 4.69) is 39.3 Å². The van der Waals surface area contributed by atoms with Gasteiger partial charge in [0.05, 0.1) is 0 Å². The second kappa shape index (κ2) is 8.70. The Kier molecular flexibility index (Phi) is 7.22. The van der Waals surface area contributed by atoms with E-state index < -0.39 is 16.1 Å². The van der Waals surface area contributed by atoms with Gasteiger partial charge < -0.3 is 0 Å². The van der Waals surface area contributed by atoms with E-state index in [1.54, 1.807) is 76.5 Å². The average molecular weight is 411 g/mol. The molecule has 0 saturated heterocycles. The highest BCUT2D eigenvalue weighted by molar-refractivity contribution is 7.58. The van der Waals surface area contributed by atoms with Gasteiger partial charge in [-0.15, -0.1) is 7.92 Å². The number of hydrogen-bond donors (Lipinski definition) is 0. The van der Waals surface area contributed by atoms with Gasteiger partial charge in [0.25, 0.3) is 0 Å². The Morgan fingerprint density at radius 1 is 0.577 bits per heavy atom. The van der Waals surface area contributed by atoms with Crippen LogP contribution in [0.5, 0.6) is 0 Å². The molecule has 0 radical (unpaired) electrons. The molecule has 152 valence electrons. The van der Waals surface area contributed by atoms with Gasteiger partial charge in [0.2, 0.25) is 0 Å². The van der Waals surface area contributed by atoms with Crippen LogP contribution < -0.4 is 0 Å². The molecule has 0 N–H and O–H groups in total. The van der Waals surface area contributed by atoms with Crippen LogP contribution in [0.25, 0.3) is 0 Å². The molecule has 0 aromatic carbocycles. The zero-order valence-corrected chi connectivity index (χ0v) is 21.7. The number of hydrogen-bond acceptors (Lipinski definition) is 0. The molecule has 0 heterocycles. The molecule has 3 heteroatoms. The van der Waals surface area contributed by atoms with E-state index in [1.807, 2.05) is 0 Å². The lowest BCUT2D eigenvalue weighted by Gasteiger charge is -2.38. The van der Waals surface area contributed by atoms with E-state index >= 15 is 0 Å². The third kappa shape index (κ3) is 5.26. The Morgan fingerprint density at radius 2 is 1.00 bits per heavy atom. The summed E-state index contributed by atoms with van der Waals surface area (Å²) in [5.41, 5.74) is 3.45. The van der Waals surface area contributed by atoms with Crippen molar-refractivity contribution in [1.82, 2.24) is 0 Å². The summed E-state index contributed by atoms with van der Waals surface area (Å²) in [5.74, 6) is 2.25. The Labute approximate surface area is 168 Å². The maximum atomic E-state index is 2.66.